The van der Waals surface area contributed by atoms with Crippen LogP contribution in [0.1, 0.15) is 30.7 Å². The number of hydrogen-bond donors (Lipinski definition) is 2. The van der Waals surface area contributed by atoms with Gasteiger partial charge in [0.1, 0.15) is 5.75 Å². The molecule has 0 spiro atoms. The summed E-state index contributed by atoms with van der Waals surface area (Å²) < 4.78 is 26.8. The third-order valence-electron chi connectivity index (χ3n) is 3.74. The molecule has 1 aromatic rings. The number of primary sulfonamides is 1. The van der Waals surface area contributed by atoms with Gasteiger partial charge in [0.25, 0.3) is 0 Å². The van der Waals surface area contributed by atoms with Crippen molar-refractivity contribution < 1.29 is 13.2 Å². The molecule has 1 aromatic carbocycles. The maximum absolute atomic E-state index is 10.8. The Morgan fingerprint density at radius 3 is 2.80 bits per heavy atom. The molecule has 0 unspecified atom stereocenters. The van der Waals surface area contributed by atoms with E-state index in [4.69, 9.17) is 9.88 Å². The van der Waals surface area contributed by atoms with Gasteiger partial charge in [0, 0.05) is 6.04 Å². The van der Waals surface area contributed by atoms with Crippen molar-refractivity contribution in [2.75, 3.05) is 19.4 Å². The van der Waals surface area contributed by atoms with Gasteiger partial charge < -0.3 is 10.1 Å². The molecule has 1 aliphatic rings. The molecule has 0 saturated heterocycles. The van der Waals surface area contributed by atoms with E-state index in [1.54, 1.807) is 7.11 Å². The van der Waals surface area contributed by atoms with Gasteiger partial charge >= 0.3 is 0 Å². The molecule has 20 heavy (non-hydrogen) atoms. The van der Waals surface area contributed by atoms with Gasteiger partial charge in [0.2, 0.25) is 10.0 Å². The lowest BCUT2D eigenvalue weighted by atomic mass is 9.76. The monoisotopic (exact) mass is 298 g/mol. The minimum Gasteiger partial charge on any atom is -0.497 e. The van der Waals surface area contributed by atoms with Crippen LogP contribution in [0, 0.1) is 0 Å². The number of methoxy groups -OCH3 is 1. The summed E-state index contributed by atoms with van der Waals surface area (Å²) in [7, 11) is -1.65. The number of hydrogen-bond acceptors (Lipinski definition) is 4. The van der Waals surface area contributed by atoms with Crippen LogP contribution in [0.2, 0.25) is 0 Å². The average molecular weight is 298 g/mol. The van der Waals surface area contributed by atoms with Crippen molar-refractivity contribution in [2.24, 2.45) is 5.14 Å². The van der Waals surface area contributed by atoms with Crippen molar-refractivity contribution in [1.29, 1.82) is 0 Å². The van der Waals surface area contributed by atoms with Crippen molar-refractivity contribution in [2.45, 2.75) is 31.2 Å². The molecule has 1 fully saturated rings. The molecule has 1 saturated carbocycles. The van der Waals surface area contributed by atoms with E-state index in [0.29, 0.717) is 24.9 Å². The van der Waals surface area contributed by atoms with Crippen LogP contribution in [0.25, 0.3) is 0 Å². The Labute approximate surface area is 120 Å². The normalized spacial score (nSPS) is 22.3. The molecule has 0 heterocycles. The van der Waals surface area contributed by atoms with E-state index < -0.39 is 10.0 Å². The van der Waals surface area contributed by atoms with Gasteiger partial charge in [-0.15, -0.1) is 0 Å². The Hall–Kier alpha value is -1.11. The number of rotatable bonds is 7. The van der Waals surface area contributed by atoms with E-state index in [0.717, 1.165) is 18.6 Å². The first-order valence-electron chi connectivity index (χ1n) is 6.86. The van der Waals surface area contributed by atoms with E-state index in [1.165, 1.54) is 5.56 Å². The predicted octanol–water partition coefficient (Wildman–Crippen LogP) is 1.21. The molecule has 3 N–H and O–H groups in total. The number of nitrogens with one attached hydrogen (secondary N) is 1. The molecule has 0 atom stereocenters. The summed E-state index contributed by atoms with van der Waals surface area (Å²) in [6, 6.07) is 8.66. The van der Waals surface area contributed by atoms with Crippen molar-refractivity contribution in [1.82, 2.24) is 5.32 Å². The van der Waals surface area contributed by atoms with Crippen molar-refractivity contribution in [3.63, 3.8) is 0 Å². The average Bonchev–Trinajstić information content (AvgIpc) is 2.35. The summed E-state index contributed by atoms with van der Waals surface area (Å²) in [5.41, 5.74) is 1.31. The number of nitrogens with two attached hydrogens (primary N) is 1. The second-order valence-corrected chi connectivity index (χ2v) is 7.05. The fraction of sp³-hybridized carbons (Fsp3) is 0.571. The van der Waals surface area contributed by atoms with Crippen LogP contribution in [-0.2, 0) is 10.0 Å². The van der Waals surface area contributed by atoms with Gasteiger partial charge in [0.15, 0.2) is 0 Å². The molecule has 0 aromatic heterocycles. The van der Waals surface area contributed by atoms with Crippen LogP contribution in [0.4, 0.5) is 0 Å². The van der Waals surface area contributed by atoms with E-state index >= 15 is 0 Å². The fourth-order valence-electron chi connectivity index (χ4n) is 2.53. The number of sulfonamides is 1. The predicted molar refractivity (Wildman–Crippen MR) is 79.4 cm³/mol. The minimum atomic E-state index is -3.33. The molecule has 6 heteroatoms. The zero-order valence-electron chi connectivity index (χ0n) is 11.7. The lowest BCUT2D eigenvalue weighted by Crippen LogP contribution is -2.41. The maximum Gasteiger partial charge on any atom is 0.209 e. The molecule has 0 bridgehead atoms. The van der Waals surface area contributed by atoms with Gasteiger partial charge in [-0.2, -0.15) is 0 Å². The molecule has 0 amide bonds. The van der Waals surface area contributed by atoms with Crippen molar-refractivity contribution in [3.8, 4) is 5.75 Å². The topological polar surface area (TPSA) is 81.4 Å². The summed E-state index contributed by atoms with van der Waals surface area (Å²) in [4.78, 5) is 0. The van der Waals surface area contributed by atoms with E-state index in [2.05, 4.69) is 17.4 Å². The van der Waals surface area contributed by atoms with Crippen LogP contribution in [0.3, 0.4) is 0 Å². The van der Waals surface area contributed by atoms with Crippen molar-refractivity contribution >= 4 is 10.0 Å². The molecule has 112 valence electrons. The minimum absolute atomic E-state index is 0.0477. The second kappa shape index (κ2) is 6.56. The third-order valence-corrected chi connectivity index (χ3v) is 4.60. The fourth-order valence-corrected chi connectivity index (χ4v) is 3.08. The number of ether oxygens (including phenoxy) is 1. The highest BCUT2D eigenvalue weighted by Crippen LogP contribution is 2.37. The Balaban J connectivity index is 1.69. The molecule has 0 radical (unpaired) electrons. The van der Waals surface area contributed by atoms with Gasteiger partial charge in [-0.3, -0.25) is 0 Å². The van der Waals surface area contributed by atoms with E-state index in [-0.39, 0.29) is 5.75 Å². The van der Waals surface area contributed by atoms with E-state index in [9.17, 15) is 8.42 Å². The standard InChI is InChI=1S/C14H22N2O3S/c1-19-14-5-2-4-11(10-14)12-8-13(9-12)16-6-3-7-20(15,17)18/h2,4-5,10,12-13,16H,3,6-9H2,1H3,(H2,15,17,18). The maximum atomic E-state index is 10.8. The molecule has 0 aliphatic heterocycles. The largest absolute Gasteiger partial charge is 0.497 e. The van der Waals surface area contributed by atoms with Crippen LogP contribution in [0.5, 0.6) is 5.75 Å². The highest BCUT2D eigenvalue weighted by molar-refractivity contribution is 7.89. The summed E-state index contributed by atoms with van der Waals surface area (Å²) >= 11 is 0. The Morgan fingerprint density at radius 1 is 1.40 bits per heavy atom. The van der Waals surface area contributed by atoms with Gasteiger partial charge in [0.05, 0.1) is 12.9 Å². The van der Waals surface area contributed by atoms with Gasteiger partial charge in [-0.1, -0.05) is 12.1 Å². The first-order chi connectivity index (χ1) is 9.48. The highest BCUT2D eigenvalue weighted by Gasteiger charge is 2.29. The first-order valence-corrected chi connectivity index (χ1v) is 8.57. The first kappa shape index (κ1) is 15.3. The molecule has 5 nitrogen and oxygen atoms in total. The Kier molecular flexibility index (Phi) is 5.01. The smallest absolute Gasteiger partial charge is 0.209 e. The summed E-state index contributed by atoms with van der Waals surface area (Å²) in [5.74, 6) is 1.51. The zero-order valence-corrected chi connectivity index (χ0v) is 12.5. The van der Waals surface area contributed by atoms with Crippen LogP contribution >= 0.6 is 0 Å². The second-order valence-electron chi connectivity index (χ2n) is 5.32. The highest BCUT2D eigenvalue weighted by atomic mass is 32.2. The summed E-state index contributed by atoms with van der Waals surface area (Å²) in [6.07, 6.45) is 2.74. The summed E-state index contributed by atoms with van der Waals surface area (Å²) in [6.45, 7) is 0.700. The zero-order chi connectivity index (χ0) is 14.6. The Morgan fingerprint density at radius 2 is 2.15 bits per heavy atom. The quantitative estimate of drug-likeness (QED) is 0.741. The lowest BCUT2D eigenvalue weighted by molar-refractivity contribution is 0.291. The lowest BCUT2D eigenvalue weighted by Gasteiger charge is -2.36. The summed E-state index contributed by atoms with van der Waals surface area (Å²) in [5, 5.41) is 8.33. The van der Waals surface area contributed by atoms with Gasteiger partial charge in [-0.25, -0.2) is 13.6 Å². The molecule has 1 aliphatic carbocycles. The molecule has 2 rings (SSSR count). The third kappa shape index (κ3) is 4.47. The van der Waals surface area contributed by atoms with E-state index in [1.807, 2.05) is 12.1 Å². The van der Waals surface area contributed by atoms with Crippen LogP contribution in [-0.4, -0.2) is 33.9 Å². The van der Waals surface area contributed by atoms with Gasteiger partial charge in [-0.05, 0) is 49.4 Å². The SMILES string of the molecule is COc1cccc(C2CC(NCCCS(N)(=O)=O)C2)c1. The van der Waals surface area contributed by atoms with Crippen molar-refractivity contribution in [3.05, 3.63) is 29.8 Å². The number of benzene rings is 1. The molecular formula is C14H22N2O3S. The molecular weight excluding hydrogens is 276 g/mol. The Bertz CT molecular complexity index is 539. The van der Waals surface area contributed by atoms with Crippen LogP contribution < -0.4 is 15.2 Å². The van der Waals surface area contributed by atoms with Crippen LogP contribution in [0.15, 0.2) is 24.3 Å².